The number of hydrogen-bond donors (Lipinski definition) is 1. The van der Waals surface area contributed by atoms with Crippen molar-refractivity contribution in [3.05, 3.63) is 0 Å². The van der Waals surface area contributed by atoms with E-state index in [1.165, 1.54) is 0 Å². The fourth-order valence-corrected chi connectivity index (χ4v) is 0.956. The molecule has 0 aromatic rings. The van der Waals surface area contributed by atoms with Crippen molar-refractivity contribution in [3.63, 3.8) is 0 Å². The first-order valence-corrected chi connectivity index (χ1v) is 6.13. The minimum atomic E-state index is -0.703. The van der Waals surface area contributed by atoms with Gasteiger partial charge in [-0.15, -0.1) is 0 Å². The number of esters is 1. The molecule has 0 amide bonds. The molecule has 4 heteroatoms. The Morgan fingerprint density at radius 1 is 1.18 bits per heavy atom. The van der Waals surface area contributed by atoms with Crippen molar-refractivity contribution in [2.75, 3.05) is 19.8 Å². The molecule has 0 aliphatic carbocycles. The number of carbonyl (C=O) groups is 1. The molecule has 0 saturated carbocycles. The van der Waals surface area contributed by atoms with E-state index in [-0.39, 0.29) is 12.6 Å². The summed E-state index contributed by atoms with van der Waals surface area (Å²) in [5.74, 6) is 0.211. The smallest absolute Gasteiger partial charge is 0.313 e. The Bertz CT molecular complexity index is 242. The Morgan fingerprint density at radius 2 is 1.71 bits per heavy atom. The van der Waals surface area contributed by atoms with E-state index in [0.29, 0.717) is 19.1 Å². The number of rotatable bonds is 7. The standard InChI is InChI=1S/C13H27NO3/c1-10(2)9-16-7-8-17-11(15)12(3,4)13(5,6)14/h10H,7-9,14H2,1-6H3. The molecule has 0 unspecified atom stereocenters. The zero-order valence-corrected chi connectivity index (χ0v) is 12.0. The molecule has 0 spiro atoms. The molecule has 2 N–H and O–H groups in total. The first-order chi connectivity index (χ1) is 7.59. The monoisotopic (exact) mass is 245 g/mol. The molecule has 17 heavy (non-hydrogen) atoms. The summed E-state index contributed by atoms with van der Waals surface area (Å²) in [5.41, 5.74) is 4.64. The highest BCUT2D eigenvalue weighted by Gasteiger charge is 2.41. The number of hydrogen-bond acceptors (Lipinski definition) is 4. The molecule has 0 aromatic carbocycles. The van der Waals surface area contributed by atoms with E-state index >= 15 is 0 Å². The number of nitrogens with two attached hydrogens (primary N) is 1. The Hall–Kier alpha value is -0.610. The zero-order valence-electron chi connectivity index (χ0n) is 12.0. The molecule has 0 atom stereocenters. The highest BCUT2D eigenvalue weighted by Crippen LogP contribution is 2.29. The minimum absolute atomic E-state index is 0.279. The van der Waals surface area contributed by atoms with Crippen LogP contribution in [0.1, 0.15) is 41.5 Å². The summed E-state index contributed by atoms with van der Waals surface area (Å²) in [7, 11) is 0. The van der Waals surface area contributed by atoms with Gasteiger partial charge >= 0.3 is 5.97 Å². The van der Waals surface area contributed by atoms with Gasteiger partial charge in [0, 0.05) is 12.1 Å². The first-order valence-electron chi connectivity index (χ1n) is 6.13. The van der Waals surface area contributed by atoms with Gasteiger partial charge in [0.2, 0.25) is 0 Å². The predicted molar refractivity (Wildman–Crippen MR) is 68.7 cm³/mol. The lowest BCUT2D eigenvalue weighted by molar-refractivity contribution is -0.158. The summed E-state index contributed by atoms with van der Waals surface area (Å²) in [4.78, 5) is 11.9. The Morgan fingerprint density at radius 3 is 2.12 bits per heavy atom. The molecule has 102 valence electrons. The highest BCUT2D eigenvalue weighted by molar-refractivity contribution is 5.77. The van der Waals surface area contributed by atoms with Crippen LogP contribution in [0.4, 0.5) is 0 Å². The maximum absolute atomic E-state index is 11.9. The summed E-state index contributed by atoms with van der Waals surface area (Å²) in [6.07, 6.45) is 0. The SMILES string of the molecule is CC(C)COCCOC(=O)C(C)(C)C(C)(C)N. The van der Waals surface area contributed by atoms with E-state index in [0.717, 1.165) is 0 Å². The molecule has 0 radical (unpaired) electrons. The van der Waals surface area contributed by atoms with Crippen LogP contribution >= 0.6 is 0 Å². The Balaban J connectivity index is 3.95. The maximum atomic E-state index is 11.9. The summed E-state index contributed by atoms with van der Waals surface area (Å²) >= 11 is 0. The molecule has 0 aliphatic rings. The van der Waals surface area contributed by atoms with E-state index in [4.69, 9.17) is 15.2 Å². The lowest BCUT2D eigenvalue weighted by Crippen LogP contribution is -2.52. The van der Waals surface area contributed by atoms with Gasteiger partial charge in [-0.3, -0.25) is 4.79 Å². The van der Waals surface area contributed by atoms with Crippen LogP contribution in [-0.2, 0) is 14.3 Å². The van der Waals surface area contributed by atoms with Gasteiger partial charge in [0.25, 0.3) is 0 Å². The van der Waals surface area contributed by atoms with Crippen molar-refractivity contribution in [1.29, 1.82) is 0 Å². The van der Waals surface area contributed by atoms with Crippen molar-refractivity contribution in [3.8, 4) is 0 Å². The fraction of sp³-hybridized carbons (Fsp3) is 0.923. The van der Waals surface area contributed by atoms with Gasteiger partial charge in [-0.2, -0.15) is 0 Å². The van der Waals surface area contributed by atoms with Crippen LogP contribution in [0.3, 0.4) is 0 Å². The largest absolute Gasteiger partial charge is 0.463 e. The lowest BCUT2D eigenvalue weighted by atomic mass is 9.75. The molecule has 0 aliphatic heterocycles. The molecule has 0 aromatic heterocycles. The van der Waals surface area contributed by atoms with Crippen LogP contribution < -0.4 is 5.73 Å². The molecular formula is C13H27NO3. The van der Waals surface area contributed by atoms with Crippen LogP contribution in [0.25, 0.3) is 0 Å². The summed E-state index contributed by atoms with van der Waals surface area (Å²) in [5, 5.41) is 0. The third kappa shape index (κ3) is 5.50. The van der Waals surface area contributed by atoms with E-state index in [2.05, 4.69) is 13.8 Å². The van der Waals surface area contributed by atoms with Gasteiger partial charge in [-0.1, -0.05) is 13.8 Å². The normalized spacial score (nSPS) is 12.9. The Labute approximate surface area is 105 Å². The van der Waals surface area contributed by atoms with Crippen molar-refractivity contribution in [2.45, 2.75) is 47.1 Å². The zero-order chi connectivity index (χ0) is 13.7. The maximum Gasteiger partial charge on any atom is 0.313 e. The topological polar surface area (TPSA) is 61.5 Å². The van der Waals surface area contributed by atoms with Gasteiger partial charge < -0.3 is 15.2 Å². The molecular weight excluding hydrogens is 218 g/mol. The van der Waals surface area contributed by atoms with Gasteiger partial charge in [0.15, 0.2) is 0 Å². The fourth-order valence-electron chi connectivity index (χ4n) is 0.956. The third-order valence-corrected chi connectivity index (χ3v) is 3.03. The molecule has 0 rings (SSSR count). The lowest BCUT2D eigenvalue weighted by Gasteiger charge is -2.35. The molecule has 0 saturated heterocycles. The minimum Gasteiger partial charge on any atom is -0.463 e. The van der Waals surface area contributed by atoms with E-state index in [1.807, 2.05) is 13.8 Å². The second-order valence-electron chi connectivity index (χ2n) is 5.95. The van der Waals surface area contributed by atoms with Crippen LogP contribution in [0.2, 0.25) is 0 Å². The van der Waals surface area contributed by atoms with Crippen LogP contribution in [0.5, 0.6) is 0 Å². The Kier molecular flexibility index (Phi) is 6.13. The van der Waals surface area contributed by atoms with Gasteiger partial charge in [-0.05, 0) is 33.6 Å². The quantitative estimate of drug-likeness (QED) is 0.550. The van der Waals surface area contributed by atoms with Gasteiger partial charge in [0.05, 0.1) is 12.0 Å². The van der Waals surface area contributed by atoms with Crippen molar-refractivity contribution >= 4 is 5.97 Å². The molecule has 0 bridgehead atoms. The number of ether oxygens (including phenoxy) is 2. The van der Waals surface area contributed by atoms with Crippen LogP contribution in [-0.4, -0.2) is 31.3 Å². The summed E-state index contributed by atoms with van der Waals surface area (Å²) < 4.78 is 10.5. The van der Waals surface area contributed by atoms with E-state index in [1.54, 1.807) is 13.8 Å². The third-order valence-electron chi connectivity index (χ3n) is 3.03. The van der Waals surface area contributed by atoms with E-state index in [9.17, 15) is 4.79 Å². The summed E-state index contributed by atoms with van der Waals surface area (Å²) in [6, 6.07) is 0. The van der Waals surface area contributed by atoms with Crippen molar-refractivity contribution < 1.29 is 14.3 Å². The second kappa shape index (κ2) is 6.36. The molecule has 4 nitrogen and oxygen atoms in total. The summed E-state index contributed by atoms with van der Waals surface area (Å²) in [6.45, 7) is 12.8. The van der Waals surface area contributed by atoms with Crippen LogP contribution in [0, 0.1) is 11.3 Å². The molecule has 0 heterocycles. The predicted octanol–water partition coefficient (Wildman–Crippen LogP) is 1.97. The van der Waals surface area contributed by atoms with Crippen LogP contribution in [0.15, 0.2) is 0 Å². The average molecular weight is 245 g/mol. The molecule has 0 fully saturated rings. The second-order valence-corrected chi connectivity index (χ2v) is 5.95. The first kappa shape index (κ1) is 16.4. The van der Waals surface area contributed by atoms with Gasteiger partial charge in [-0.25, -0.2) is 0 Å². The average Bonchev–Trinajstić information content (AvgIpc) is 2.14. The highest BCUT2D eigenvalue weighted by atomic mass is 16.6. The van der Waals surface area contributed by atoms with Crippen molar-refractivity contribution in [2.24, 2.45) is 17.1 Å². The van der Waals surface area contributed by atoms with Crippen molar-refractivity contribution in [1.82, 2.24) is 0 Å². The number of carbonyl (C=O) groups excluding carboxylic acids is 1. The van der Waals surface area contributed by atoms with Gasteiger partial charge in [0.1, 0.15) is 6.61 Å². The van der Waals surface area contributed by atoms with E-state index < -0.39 is 11.0 Å².